The molecule has 1 aromatic heterocycles. The molecular formula is C25H21Cl2N3O2. The van der Waals surface area contributed by atoms with E-state index in [4.69, 9.17) is 23.2 Å². The van der Waals surface area contributed by atoms with Crippen LogP contribution >= 0.6 is 23.2 Å². The highest BCUT2D eigenvalue weighted by Gasteiger charge is 2.40. The predicted octanol–water partition coefficient (Wildman–Crippen LogP) is 5.90. The Morgan fingerprint density at radius 2 is 1.75 bits per heavy atom. The van der Waals surface area contributed by atoms with Crippen molar-refractivity contribution in [1.82, 2.24) is 9.88 Å². The first-order valence-electron chi connectivity index (χ1n) is 10.2. The molecule has 5 nitrogen and oxygen atoms in total. The number of carbonyl (C=O) groups excluding carboxylic acids is 2. The minimum Gasteiger partial charge on any atom is -0.350 e. The molecule has 3 aromatic rings. The third-order valence-electron chi connectivity index (χ3n) is 5.28. The van der Waals surface area contributed by atoms with E-state index in [1.165, 1.54) is 10.5 Å². The van der Waals surface area contributed by atoms with Crippen LogP contribution in [0, 0.1) is 0 Å². The number of nitrogens with one attached hydrogen (secondary N) is 1. The van der Waals surface area contributed by atoms with Crippen molar-refractivity contribution in [2.75, 3.05) is 5.32 Å². The average Bonchev–Trinajstić information content (AvgIpc) is 2.99. The first kappa shape index (κ1) is 22.1. The number of hydrogen-bond acceptors (Lipinski definition) is 4. The number of anilines is 1. The molecule has 7 heteroatoms. The molecule has 1 aliphatic heterocycles. The van der Waals surface area contributed by atoms with Crippen LogP contribution in [-0.4, -0.2) is 21.7 Å². The lowest BCUT2D eigenvalue weighted by Crippen LogP contribution is -2.32. The first-order valence-corrected chi connectivity index (χ1v) is 10.9. The Labute approximate surface area is 196 Å². The molecule has 0 bridgehead atoms. The summed E-state index contributed by atoms with van der Waals surface area (Å²) in [5, 5.41) is 3.90. The molecule has 2 aromatic carbocycles. The summed E-state index contributed by atoms with van der Waals surface area (Å²) in [6.45, 7) is 4.33. The molecule has 1 aliphatic rings. The van der Waals surface area contributed by atoms with E-state index in [1.807, 2.05) is 30.3 Å². The lowest BCUT2D eigenvalue weighted by Gasteiger charge is -2.15. The van der Waals surface area contributed by atoms with Gasteiger partial charge in [-0.2, -0.15) is 0 Å². The Bertz CT molecular complexity index is 1210. The quantitative estimate of drug-likeness (QED) is 0.460. The monoisotopic (exact) mass is 465 g/mol. The third-order valence-corrected chi connectivity index (χ3v) is 5.83. The largest absolute Gasteiger partial charge is 0.350 e. The zero-order valence-corrected chi connectivity index (χ0v) is 19.1. The second-order valence-electron chi connectivity index (χ2n) is 7.83. The molecule has 0 atom stereocenters. The highest BCUT2D eigenvalue weighted by atomic mass is 35.5. The number of benzene rings is 2. The van der Waals surface area contributed by atoms with Gasteiger partial charge in [0.2, 0.25) is 0 Å². The van der Waals surface area contributed by atoms with Gasteiger partial charge in [0.05, 0.1) is 17.1 Å². The normalized spacial score (nSPS) is 14.0. The van der Waals surface area contributed by atoms with Gasteiger partial charge in [-0.3, -0.25) is 19.5 Å². The fourth-order valence-corrected chi connectivity index (χ4v) is 4.05. The van der Waals surface area contributed by atoms with Gasteiger partial charge >= 0.3 is 0 Å². The molecule has 2 amide bonds. The van der Waals surface area contributed by atoms with Gasteiger partial charge in [0.25, 0.3) is 11.8 Å². The second-order valence-corrected chi connectivity index (χ2v) is 8.68. The number of halogens is 2. The molecule has 4 rings (SSSR count). The Kier molecular flexibility index (Phi) is 6.31. The number of carbonyl (C=O) groups is 2. The van der Waals surface area contributed by atoms with Crippen molar-refractivity contribution in [3.05, 3.63) is 99.4 Å². The van der Waals surface area contributed by atoms with Crippen LogP contribution in [0.15, 0.2) is 72.7 Å². The minimum atomic E-state index is -0.427. The third kappa shape index (κ3) is 4.40. The van der Waals surface area contributed by atoms with E-state index in [0.717, 1.165) is 5.56 Å². The number of aromatic nitrogens is 1. The van der Waals surface area contributed by atoms with E-state index in [-0.39, 0.29) is 17.8 Å². The van der Waals surface area contributed by atoms with E-state index in [1.54, 1.807) is 36.7 Å². The molecule has 0 fully saturated rings. The highest BCUT2D eigenvalue weighted by molar-refractivity contribution is 6.41. The second kappa shape index (κ2) is 9.15. The molecule has 0 spiro atoms. The standard InChI is InChI=1S/C25H21Cl2N3O2/c1-15(2)17-5-8-19(9-6-17)29-23-22(20-10-7-18(26)12-21(20)27)24(31)30(25(23)32)14-16-4-3-11-28-13-16/h3-13,15,29H,14H2,1-2H3. The zero-order chi connectivity index (χ0) is 22.8. The Morgan fingerprint density at radius 3 is 2.38 bits per heavy atom. The van der Waals surface area contributed by atoms with Gasteiger partial charge in [-0.1, -0.05) is 61.3 Å². The SMILES string of the molecule is CC(C)c1ccc(NC2=C(c3ccc(Cl)cc3Cl)C(=O)N(Cc3cccnc3)C2=O)cc1. The Hall–Kier alpha value is -3.15. The van der Waals surface area contributed by atoms with E-state index < -0.39 is 11.8 Å². The van der Waals surface area contributed by atoms with Gasteiger partial charge < -0.3 is 5.32 Å². The Morgan fingerprint density at radius 1 is 1.00 bits per heavy atom. The van der Waals surface area contributed by atoms with Gasteiger partial charge in [-0.25, -0.2) is 0 Å². The van der Waals surface area contributed by atoms with Gasteiger partial charge in [0.15, 0.2) is 0 Å². The minimum absolute atomic E-state index is 0.109. The summed E-state index contributed by atoms with van der Waals surface area (Å²) < 4.78 is 0. The van der Waals surface area contributed by atoms with Gasteiger partial charge in [0.1, 0.15) is 5.70 Å². The molecule has 0 saturated carbocycles. The zero-order valence-electron chi connectivity index (χ0n) is 17.6. The maximum absolute atomic E-state index is 13.4. The van der Waals surface area contributed by atoms with E-state index in [9.17, 15) is 9.59 Å². The smallest absolute Gasteiger partial charge is 0.278 e. The number of hydrogen-bond donors (Lipinski definition) is 1. The molecular weight excluding hydrogens is 445 g/mol. The lowest BCUT2D eigenvalue weighted by molar-refractivity contribution is -0.137. The van der Waals surface area contributed by atoms with Gasteiger partial charge in [-0.05, 0) is 47.4 Å². The van der Waals surface area contributed by atoms with Crippen molar-refractivity contribution >= 4 is 46.3 Å². The van der Waals surface area contributed by atoms with Crippen LogP contribution in [0.25, 0.3) is 5.57 Å². The fraction of sp³-hybridized carbons (Fsp3) is 0.160. The summed E-state index contributed by atoms with van der Waals surface area (Å²) in [4.78, 5) is 32.0. The number of pyridine rings is 1. The summed E-state index contributed by atoms with van der Waals surface area (Å²) in [5.41, 5.74) is 3.48. The summed E-state index contributed by atoms with van der Waals surface area (Å²) >= 11 is 12.5. The topological polar surface area (TPSA) is 62.3 Å². The van der Waals surface area contributed by atoms with Crippen molar-refractivity contribution in [3.8, 4) is 0 Å². The first-order chi connectivity index (χ1) is 15.3. The van der Waals surface area contributed by atoms with Crippen LogP contribution in [0.3, 0.4) is 0 Å². The van der Waals surface area contributed by atoms with Crippen molar-refractivity contribution in [2.24, 2.45) is 0 Å². The van der Waals surface area contributed by atoms with Crippen LogP contribution in [-0.2, 0) is 16.1 Å². The lowest BCUT2D eigenvalue weighted by atomic mass is 10.0. The molecule has 0 aliphatic carbocycles. The van der Waals surface area contributed by atoms with Gasteiger partial charge in [-0.15, -0.1) is 0 Å². The molecule has 0 radical (unpaired) electrons. The predicted molar refractivity (Wildman–Crippen MR) is 127 cm³/mol. The van der Waals surface area contributed by atoms with Crippen LogP contribution in [0.1, 0.15) is 36.5 Å². The van der Waals surface area contributed by atoms with Crippen molar-refractivity contribution in [1.29, 1.82) is 0 Å². The van der Waals surface area contributed by atoms with Crippen LogP contribution in [0.2, 0.25) is 10.0 Å². The van der Waals surface area contributed by atoms with E-state index in [0.29, 0.717) is 27.2 Å². The molecule has 2 heterocycles. The maximum atomic E-state index is 13.4. The summed E-state index contributed by atoms with van der Waals surface area (Å²) in [7, 11) is 0. The van der Waals surface area contributed by atoms with Crippen LogP contribution < -0.4 is 5.32 Å². The molecule has 0 unspecified atom stereocenters. The van der Waals surface area contributed by atoms with E-state index in [2.05, 4.69) is 24.1 Å². The Balaban J connectivity index is 1.75. The molecule has 1 N–H and O–H groups in total. The summed E-state index contributed by atoms with van der Waals surface area (Å²) in [6, 6.07) is 16.2. The van der Waals surface area contributed by atoms with Crippen LogP contribution in [0.4, 0.5) is 5.69 Å². The van der Waals surface area contributed by atoms with Crippen molar-refractivity contribution in [3.63, 3.8) is 0 Å². The van der Waals surface area contributed by atoms with E-state index >= 15 is 0 Å². The summed E-state index contributed by atoms with van der Waals surface area (Å²) in [6.07, 6.45) is 3.27. The molecule has 32 heavy (non-hydrogen) atoms. The molecule has 162 valence electrons. The number of nitrogens with zero attached hydrogens (tertiary/aromatic N) is 2. The summed E-state index contributed by atoms with van der Waals surface area (Å²) in [5.74, 6) is -0.464. The fourth-order valence-electron chi connectivity index (χ4n) is 3.55. The average molecular weight is 466 g/mol. The molecule has 0 saturated heterocycles. The number of amides is 2. The van der Waals surface area contributed by atoms with Crippen molar-refractivity contribution < 1.29 is 9.59 Å². The number of rotatable bonds is 6. The number of imide groups is 1. The van der Waals surface area contributed by atoms with Crippen LogP contribution in [0.5, 0.6) is 0 Å². The highest BCUT2D eigenvalue weighted by Crippen LogP contribution is 2.36. The van der Waals surface area contributed by atoms with Crippen molar-refractivity contribution in [2.45, 2.75) is 26.3 Å². The maximum Gasteiger partial charge on any atom is 0.278 e. The van der Waals surface area contributed by atoms with Gasteiger partial charge in [0, 0.05) is 28.7 Å².